The fourth-order valence-electron chi connectivity index (χ4n) is 2.75. The van der Waals surface area contributed by atoms with E-state index in [1.807, 2.05) is 18.2 Å². The number of nitrogens with zero attached hydrogens (tertiary/aromatic N) is 3. The molecule has 6 nitrogen and oxygen atoms in total. The molecule has 0 radical (unpaired) electrons. The standard InChI is InChI=1S/C18H23N5O/c1-14(19)18(24)21-17-8-7-16(13-20-17)23-11-9-22(10-12-23)15-5-3-2-4-6-15/h2-8,13-14H,9-12,19H2,1H3,(H,20,21,24). The molecule has 126 valence electrons. The summed E-state index contributed by atoms with van der Waals surface area (Å²) in [5, 5.41) is 2.70. The lowest BCUT2D eigenvalue weighted by atomic mass is 10.2. The monoisotopic (exact) mass is 325 g/mol. The number of aromatic nitrogens is 1. The lowest BCUT2D eigenvalue weighted by Crippen LogP contribution is -2.46. The number of anilines is 3. The van der Waals surface area contributed by atoms with Crippen LogP contribution in [0.3, 0.4) is 0 Å². The quantitative estimate of drug-likeness (QED) is 0.895. The largest absolute Gasteiger partial charge is 0.368 e. The summed E-state index contributed by atoms with van der Waals surface area (Å²) in [6, 6.07) is 13.7. The third-order valence-corrected chi connectivity index (χ3v) is 4.18. The number of piperazine rings is 1. The fraction of sp³-hybridized carbons (Fsp3) is 0.333. The molecule has 24 heavy (non-hydrogen) atoms. The molecule has 1 fully saturated rings. The second-order valence-corrected chi connectivity index (χ2v) is 5.99. The molecule has 0 bridgehead atoms. The van der Waals surface area contributed by atoms with Gasteiger partial charge in [0.2, 0.25) is 5.91 Å². The highest BCUT2D eigenvalue weighted by molar-refractivity contribution is 5.93. The van der Waals surface area contributed by atoms with Crippen molar-refractivity contribution in [3.63, 3.8) is 0 Å². The van der Waals surface area contributed by atoms with Crippen molar-refractivity contribution in [3.05, 3.63) is 48.7 Å². The van der Waals surface area contributed by atoms with Gasteiger partial charge in [-0.3, -0.25) is 4.79 Å². The van der Waals surface area contributed by atoms with Gasteiger partial charge in [-0.1, -0.05) is 18.2 Å². The summed E-state index contributed by atoms with van der Waals surface area (Å²) in [6.45, 7) is 5.50. The Kier molecular flexibility index (Phi) is 4.96. The molecule has 3 rings (SSSR count). The average molecular weight is 325 g/mol. The zero-order valence-electron chi connectivity index (χ0n) is 13.9. The average Bonchev–Trinajstić information content (AvgIpc) is 2.63. The van der Waals surface area contributed by atoms with Crippen LogP contribution in [0.4, 0.5) is 17.2 Å². The van der Waals surface area contributed by atoms with Crippen molar-refractivity contribution in [1.82, 2.24) is 4.98 Å². The minimum atomic E-state index is -0.544. The maximum atomic E-state index is 11.6. The van der Waals surface area contributed by atoms with Crippen molar-refractivity contribution in [1.29, 1.82) is 0 Å². The van der Waals surface area contributed by atoms with Crippen LogP contribution in [0.15, 0.2) is 48.7 Å². The molecule has 1 unspecified atom stereocenters. The Bertz CT molecular complexity index is 664. The van der Waals surface area contributed by atoms with Crippen molar-refractivity contribution in [2.75, 3.05) is 41.3 Å². The van der Waals surface area contributed by atoms with Crippen LogP contribution < -0.4 is 20.9 Å². The van der Waals surface area contributed by atoms with Crippen LogP contribution in [0.1, 0.15) is 6.92 Å². The SMILES string of the molecule is CC(N)C(=O)Nc1ccc(N2CCN(c3ccccc3)CC2)cn1. The summed E-state index contributed by atoms with van der Waals surface area (Å²) in [5.74, 6) is 0.302. The molecule has 6 heteroatoms. The van der Waals surface area contributed by atoms with Gasteiger partial charge in [-0.15, -0.1) is 0 Å². The summed E-state index contributed by atoms with van der Waals surface area (Å²) in [5.41, 5.74) is 7.88. The molecule has 1 saturated heterocycles. The first-order chi connectivity index (χ1) is 11.6. The Morgan fingerprint density at radius 3 is 2.21 bits per heavy atom. The molecule has 1 aromatic heterocycles. The van der Waals surface area contributed by atoms with Gasteiger partial charge in [0.05, 0.1) is 17.9 Å². The van der Waals surface area contributed by atoms with Crippen molar-refractivity contribution >= 4 is 23.1 Å². The molecule has 0 aliphatic carbocycles. The summed E-state index contributed by atoms with van der Waals surface area (Å²) in [6.07, 6.45) is 1.80. The van der Waals surface area contributed by atoms with Crippen LogP contribution in [0.5, 0.6) is 0 Å². The first-order valence-corrected chi connectivity index (χ1v) is 8.21. The smallest absolute Gasteiger partial charge is 0.242 e. The van der Waals surface area contributed by atoms with E-state index < -0.39 is 6.04 Å². The third kappa shape index (κ3) is 3.83. The maximum absolute atomic E-state index is 11.6. The number of nitrogens with two attached hydrogens (primary N) is 1. The zero-order chi connectivity index (χ0) is 16.9. The van der Waals surface area contributed by atoms with Gasteiger partial charge >= 0.3 is 0 Å². The zero-order valence-corrected chi connectivity index (χ0v) is 13.9. The number of nitrogens with one attached hydrogen (secondary N) is 1. The summed E-state index contributed by atoms with van der Waals surface area (Å²) in [7, 11) is 0. The number of pyridine rings is 1. The molecule has 3 N–H and O–H groups in total. The lowest BCUT2D eigenvalue weighted by molar-refractivity contribution is -0.117. The van der Waals surface area contributed by atoms with Gasteiger partial charge in [0.1, 0.15) is 5.82 Å². The predicted octanol–water partition coefficient (Wildman–Crippen LogP) is 1.69. The Labute approximate surface area is 142 Å². The van der Waals surface area contributed by atoms with Crippen molar-refractivity contribution in [3.8, 4) is 0 Å². The highest BCUT2D eigenvalue weighted by atomic mass is 16.2. The molecule has 1 aliphatic heterocycles. The molecule has 1 atom stereocenters. The molecule has 0 spiro atoms. The molecule has 1 aromatic carbocycles. The van der Waals surface area contributed by atoms with Crippen LogP contribution in [0.2, 0.25) is 0 Å². The van der Waals surface area contributed by atoms with Crippen LogP contribution in [-0.2, 0) is 4.79 Å². The van der Waals surface area contributed by atoms with Gasteiger partial charge in [0.25, 0.3) is 0 Å². The van der Waals surface area contributed by atoms with Gasteiger partial charge in [-0.05, 0) is 31.2 Å². The Morgan fingerprint density at radius 2 is 1.67 bits per heavy atom. The van der Waals surface area contributed by atoms with Crippen molar-refractivity contribution < 1.29 is 4.79 Å². The highest BCUT2D eigenvalue weighted by Crippen LogP contribution is 2.20. The third-order valence-electron chi connectivity index (χ3n) is 4.18. The normalized spacial score (nSPS) is 15.9. The predicted molar refractivity (Wildman–Crippen MR) is 97.4 cm³/mol. The Hall–Kier alpha value is -2.60. The fourth-order valence-corrected chi connectivity index (χ4v) is 2.75. The van der Waals surface area contributed by atoms with Gasteiger partial charge in [-0.2, -0.15) is 0 Å². The second kappa shape index (κ2) is 7.31. The number of hydrogen-bond donors (Lipinski definition) is 2. The van der Waals surface area contributed by atoms with Crippen LogP contribution in [-0.4, -0.2) is 43.1 Å². The van der Waals surface area contributed by atoms with Gasteiger partial charge < -0.3 is 20.9 Å². The van der Waals surface area contributed by atoms with E-state index in [2.05, 4.69) is 44.4 Å². The number of carbonyl (C=O) groups is 1. The lowest BCUT2D eigenvalue weighted by Gasteiger charge is -2.37. The number of amides is 1. The van der Waals surface area contributed by atoms with Crippen molar-refractivity contribution in [2.45, 2.75) is 13.0 Å². The highest BCUT2D eigenvalue weighted by Gasteiger charge is 2.17. The summed E-state index contributed by atoms with van der Waals surface area (Å²) >= 11 is 0. The molecular formula is C18H23N5O. The minimum absolute atomic E-state index is 0.230. The second-order valence-electron chi connectivity index (χ2n) is 5.99. The van der Waals surface area contributed by atoms with Crippen LogP contribution in [0, 0.1) is 0 Å². The minimum Gasteiger partial charge on any atom is -0.368 e. The topological polar surface area (TPSA) is 74.5 Å². The van der Waals surface area contributed by atoms with E-state index in [-0.39, 0.29) is 5.91 Å². The molecular weight excluding hydrogens is 302 g/mol. The van der Waals surface area contributed by atoms with E-state index in [0.29, 0.717) is 5.82 Å². The van der Waals surface area contributed by atoms with Gasteiger partial charge in [0, 0.05) is 31.9 Å². The Balaban J connectivity index is 1.57. The van der Waals surface area contributed by atoms with E-state index in [1.54, 1.807) is 13.1 Å². The first-order valence-electron chi connectivity index (χ1n) is 8.21. The molecule has 1 aliphatic rings. The molecule has 2 aromatic rings. The molecule has 2 heterocycles. The molecule has 1 amide bonds. The Morgan fingerprint density at radius 1 is 1.04 bits per heavy atom. The van der Waals surface area contributed by atoms with Gasteiger partial charge in [-0.25, -0.2) is 4.98 Å². The number of benzene rings is 1. The number of hydrogen-bond acceptors (Lipinski definition) is 5. The van der Waals surface area contributed by atoms with E-state index in [4.69, 9.17) is 5.73 Å². The van der Waals surface area contributed by atoms with Crippen molar-refractivity contribution in [2.24, 2.45) is 5.73 Å². The number of para-hydroxylation sites is 1. The van der Waals surface area contributed by atoms with Crippen LogP contribution >= 0.6 is 0 Å². The van der Waals surface area contributed by atoms with E-state index in [0.717, 1.165) is 31.9 Å². The maximum Gasteiger partial charge on any atom is 0.242 e. The van der Waals surface area contributed by atoms with Gasteiger partial charge in [0.15, 0.2) is 0 Å². The van der Waals surface area contributed by atoms with E-state index >= 15 is 0 Å². The number of carbonyl (C=O) groups excluding carboxylic acids is 1. The molecule has 0 saturated carbocycles. The number of rotatable bonds is 4. The van der Waals surface area contributed by atoms with E-state index in [1.165, 1.54) is 5.69 Å². The summed E-state index contributed by atoms with van der Waals surface area (Å²) < 4.78 is 0. The van der Waals surface area contributed by atoms with Crippen LogP contribution in [0.25, 0.3) is 0 Å². The first kappa shape index (κ1) is 16.3. The van der Waals surface area contributed by atoms with E-state index in [9.17, 15) is 4.79 Å². The summed E-state index contributed by atoms with van der Waals surface area (Å²) in [4.78, 5) is 20.6.